The molecule has 1 aromatic heterocycles. The Balaban J connectivity index is 0.00000341. The van der Waals surface area contributed by atoms with Crippen LogP contribution in [0.25, 0.3) is 0 Å². The zero-order chi connectivity index (χ0) is 21.5. The van der Waals surface area contributed by atoms with E-state index in [2.05, 4.69) is 25.5 Å². The fourth-order valence-electron chi connectivity index (χ4n) is 3.50. The van der Waals surface area contributed by atoms with Crippen LogP contribution in [0.15, 0.2) is 41.5 Å². The molecule has 2 heterocycles. The standard InChI is InChI=1S/C21H26Cl2N6O.HI/c1-25-21(27-11-14-6-7-17(22)10-18(14)23)28-12-15-4-2-8-26-20(15)29-9-3-5-16(13-29)19(24)30;/h2,4,6-8,10,16H,3,5,9,11-13H2,1H3,(H2,24,30)(H2,25,27,28);1H. The summed E-state index contributed by atoms with van der Waals surface area (Å²) in [5.74, 6) is 1.12. The summed E-state index contributed by atoms with van der Waals surface area (Å²) >= 11 is 12.2. The van der Waals surface area contributed by atoms with Crippen molar-refractivity contribution < 1.29 is 4.79 Å². The highest BCUT2D eigenvalue weighted by molar-refractivity contribution is 14.0. The number of hydrogen-bond acceptors (Lipinski definition) is 4. The summed E-state index contributed by atoms with van der Waals surface area (Å²) in [6.45, 7) is 2.51. The minimum Gasteiger partial charge on any atom is -0.369 e. The SMILES string of the molecule is CN=C(NCc1ccc(Cl)cc1Cl)NCc1cccnc1N1CCCC(C(N)=O)C1.I. The number of nitrogens with zero attached hydrogens (tertiary/aromatic N) is 3. The zero-order valence-corrected chi connectivity index (χ0v) is 21.1. The first-order valence-electron chi connectivity index (χ1n) is 9.84. The van der Waals surface area contributed by atoms with Crippen LogP contribution < -0.4 is 21.3 Å². The fraction of sp³-hybridized carbons (Fsp3) is 0.381. The first-order valence-corrected chi connectivity index (χ1v) is 10.6. The Labute approximate surface area is 209 Å². The number of benzene rings is 1. The van der Waals surface area contributed by atoms with Crippen molar-refractivity contribution in [1.82, 2.24) is 15.6 Å². The van der Waals surface area contributed by atoms with Gasteiger partial charge in [0.25, 0.3) is 0 Å². The predicted molar refractivity (Wildman–Crippen MR) is 137 cm³/mol. The maximum atomic E-state index is 11.6. The average Bonchev–Trinajstić information content (AvgIpc) is 2.75. The van der Waals surface area contributed by atoms with Crippen molar-refractivity contribution in [2.24, 2.45) is 16.6 Å². The molecule has 1 fully saturated rings. The van der Waals surface area contributed by atoms with E-state index in [-0.39, 0.29) is 35.8 Å². The molecule has 10 heteroatoms. The van der Waals surface area contributed by atoms with Crippen LogP contribution in [-0.4, -0.2) is 37.0 Å². The summed E-state index contributed by atoms with van der Waals surface area (Å²) in [6, 6.07) is 9.33. The minimum absolute atomic E-state index is 0. The van der Waals surface area contributed by atoms with Crippen molar-refractivity contribution in [3.63, 3.8) is 0 Å². The molecule has 0 spiro atoms. The molecule has 3 rings (SSSR count). The van der Waals surface area contributed by atoms with Gasteiger partial charge in [0.2, 0.25) is 5.91 Å². The monoisotopic (exact) mass is 576 g/mol. The lowest BCUT2D eigenvalue weighted by molar-refractivity contribution is -0.122. The number of hydrogen-bond donors (Lipinski definition) is 3. The first-order chi connectivity index (χ1) is 14.5. The molecule has 0 bridgehead atoms. The highest BCUT2D eigenvalue weighted by Gasteiger charge is 2.25. The molecule has 0 aliphatic carbocycles. The van der Waals surface area contributed by atoms with Gasteiger partial charge in [-0.2, -0.15) is 0 Å². The number of anilines is 1. The maximum absolute atomic E-state index is 11.6. The van der Waals surface area contributed by atoms with Gasteiger partial charge in [-0.15, -0.1) is 24.0 Å². The maximum Gasteiger partial charge on any atom is 0.222 e. The van der Waals surface area contributed by atoms with Crippen LogP contribution in [0.5, 0.6) is 0 Å². The van der Waals surface area contributed by atoms with E-state index < -0.39 is 0 Å². The summed E-state index contributed by atoms with van der Waals surface area (Å²) in [4.78, 5) is 22.6. The van der Waals surface area contributed by atoms with Gasteiger partial charge in [0.15, 0.2) is 5.96 Å². The van der Waals surface area contributed by atoms with Crippen LogP contribution in [0.4, 0.5) is 5.82 Å². The molecule has 0 radical (unpaired) electrons. The number of nitrogens with one attached hydrogen (secondary N) is 2. The summed E-state index contributed by atoms with van der Waals surface area (Å²) in [5.41, 5.74) is 7.47. The summed E-state index contributed by atoms with van der Waals surface area (Å²) < 4.78 is 0. The molecular formula is C21H27Cl2IN6O. The molecule has 0 saturated carbocycles. The van der Waals surface area contributed by atoms with Gasteiger partial charge in [-0.1, -0.05) is 35.3 Å². The van der Waals surface area contributed by atoms with E-state index in [0.717, 1.165) is 36.3 Å². The summed E-state index contributed by atoms with van der Waals surface area (Å²) in [5, 5.41) is 7.77. The van der Waals surface area contributed by atoms with Gasteiger partial charge in [-0.3, -0.25) is 9.79 Å². The molecule has 1 amide bonds. The lowest BCUT2D eigenvalue weighted by atomic mass is 9.97. The number of guanidine groups is 1. The van der Waals surface area contributed by atoms with E-state index in [1.54, 1.807) is 25.4 Å². The third-order valence-electron chi connectivity index (χ3n) is 5.12. The number of carbonyl (C=O) groups excluding carboxylic acids is 1. The van der Waals surface area contributed by atoms with Crippen LogP contribution in [0.2, 0.25) is 10.0 Å². The first kappa shape index (κ1) is 25.5. The van der Waals surface area contributed by atoms with Gasteiger partial charge in [-0.05, 0) is 36.6 Å². The van der Waals surface area contributed by atoms with Crippen LogP contribution >= 0.6 is 47.2 Å². The normalized spacial score (nSPS) is 16.4. The second-order valence-corrected chi connectivity index (χ2v) is 8.03. The van der Waals surface area contributed by atoms with E-state index in [0.29, 0.717) is 35.6 Å². The van der Waals surface area contributed by atoms with Crippen molar-refractivity contribution in [1.29, 1.82) is 0 Å². The van der Waals surface area contributed by atoms with Crippen molar-refractivity contribution in [2.75, 3.05) is 25.0 Å². The second-order valence-electron chi connectivity index (χ2n) is 7.19. The summed E-state index contributed by atoms with van der Waals surface area (Å²) in [7, 11) is 1.71. The Kier molecular flexibility index (Phi) is 10.1. The van der Waals surface area contributed by atoms with Crippen molar-refractivity contribution >= 4 is 64.9 Å². The molecule has 1 aliphatic heterocycles. The number of amides is 1. The Morgan fingerprint density at radius 2 is 2.00 bits per heavy atom. The number of pyridine rings is 1. The number of rotatable bonds is 6. The lowest BCUT2D eigenvalue weighted by Crippen LogP contribution is -2.42. The van der Waals surface area contributed by atoms with E-state index in [1.807, 2.05) is 18.2 Å². The van der Waals surface area contributed by atoms with E-state index in [9.17, 15) is 4.79 Å². The minimum atomic E-state index is -0.249. The quantitative estimate of drug-likeness (QED) is 0.278. The van der Waals surface area contributed by atoms with Crippen LogP contribution in [0.1, 0.15) is 24.0 Å². The molecular weight excluding hydrogens is 550 g/mol. The highest BCUT2D eigenvalue weighted by Crippen LogP contribution is 2.24. The molecule has 7 nitrogen and oxygen atoms in total. The van der Waals surface area contributed by atoms with Crippen molar-refractivity contribution in [3.05, 3.63) is 57.7 Å². The number of halogens is 3. The highest BCUT2D eigenvalue weighted by atomic mass is 127. The number of carbonyl (C=O) groups is 1. The van der Waals surface area contributed by atoms with Crippen LogP contribution in [0, 0.1) is 5.92 Å². The third kappa shape index (κ3) is 7.11. The van der Waals surface area contributed by atoms with Gasteiger partial charge in [-0.25, -0.2) is 4.98 Å². The zero-order valence-electron chi connectivity index (χ0n) is 17.3. The molecule has 2 aromatic rings. The lowest BCUT2D eigenvalue weighted by Gasteiger charge is -2.33. The third-order valence-corrected chi connectivity index (χ3v) is 5.71. The topological polar surface area (TPSA) is 95.6 Å². The second kappa shape index (κ2) is 12.3. The summed E-state index contributed by atoms with van der Waals surface area (Å²) in [6.07, 6.45) is 3.51. The van der Waals surface area contributed by atoms with Gasteiger partial charge in [0.1, 0.15) is 5.82 Å². The number of aliphatic imine (C=N–C) groups is 1. The number of nitrogens with two attached hydrogens (primary N) is 1. The van der Waals surface area contributed by atoms with E-state index >= 15 is 0 Å². The fourth-order valence-corrected chi connectivity index (χ4v) is 3.97. The predicted octanol–water partition coefficient (Wildman–Crippen LogP) is 3.57. The molecule has 1 aliphatic rings. The van der Waals surface area contributed by atoms with Crippen molar-refractivity contribution in [2.45, 2.75) is 25.9 Å². The van der Waals surface area contributed by atoms with Crippen LogP contribution in [-0.2, 0) is 17.9 Å². The largest absolute Gasteiger partial charge is 0.369 e. The molecule has 1 atom stereocenters. The smallest absolute Gasteiger partial charge is 0.222 e. The molecule has 1 saturated heterocycles. The number of primary amides is 1. The number of piperidine rings is 1. The Morgan fingerprint density at radius 1 is 1.26 bits per heavy atom. The number of aromatic nitrogens is 1. The molecule has 31 heavy (non-hydrogen) atoms. The molecule has 4 N–H and O–H groups in total. The molecule has 1 unspecified atom stereocenters. The Bertz CT molecular complexity index is 926. The molecule has 1 aromatic carbocycles. The Morgan fingerprint density at radius 3 is 2.68 bits per heavy atom. The van der Waals surface area contributed by atoms with Gasteiger partial charge in [0, 0.05) is 55.0 Å². The van der Waals surface area contributed by atoms with Crippen molar-refractivity contribution in [3.8, 4) is 0 Å². The van der Waals surface area contributed by atoms with E-state index in [4.69, 9.17) is 28.9 Å². The molecule has 168 valence electrons. The van der Waals surface area contributed by atoms with Gasteiger partial charge >= 0.3 is 0 Å². The Hall–Kier alpha value is -1.78. The average molecular weight is 577 g/mol. The van der Waals surface area contributed by atoms with Crippen LogP contribution in [0.3, 0.4) is 0 Å². The van der Waals surface area contributed by atoms with E-state index in [1.165, 1.54) is 0 Å². The van der Waals surface area contributed by atoms with Gasteiger partial charge < -0.3 is 21.3 Å². The van der Waals surface area contributed by atoms with Gasteiger partial charge in [0.05, 0.1) is 5.92 Å².